The van der Waals surface area contributed by atoms with Gasteiger partial charge in [0.15, 0.2) is 17.3 Å². The first kappa shape index (κ1) is 15.8. The summed E-state index contributed by atoms with van der Waals surface area (Å²) in [6.45, 7) is 1.82. The molecule has 0 amide bonds. The van der Waals surface area contributed by atoms with Gasteiger partial charge in [0, 0.05) is 14.7 Å². The van der Waals surface area contributed by atoms with Crippen LogP contribution < -0.4 is 9.47 Å². The van der Waals surface area contributed by atoms with Crippen molar-refractivity contribution in [2.24, 2.45) is 0 Å². The van der Waals surface area contributed by atoms with Gasteiger partial charge in [0.25, 0.3) is 0 Å². The Balaban J connectivity index is 2.53. The predicted molar refractivity (Wildman–Crippen MR) is 86.8 cm³/mol. The monoisotopic (exact) mass is 400 g/mol. The maximum absolute atomic E-state index is 13.2. The van der Waals surface area contributed by atoms with E-state index in [1.165, 1.54) is 25.3 Å². The maximum atomic E-state index is 13.2. The Bertz CT molecular complexity index is 698. The highest BCUT2D eigenvalue weighted by Crippen LogP contribution is 2.31. The molecule has 0 atom stereocenters. The van der Waals surface area contributed by atoms with Crippen LogP contribution in [-0.4, -0.2) is 20.0 Å². The zero-order valence-electron chi connectivity index (χ0n) is 11.9. The second-order valence-corrected chi connectivity index (χ2v) is 5.64. The van der Waals surface area contributed by atoms with Gasteiger partial charge in [0.05, 0.1) is 14.2 Å². The van der Waals surface area contributed by atoms with Gasteiger partial charge in [-0.2, -0.15) is 0 Å². The van der Waals surface area contributed by atoms with Crippen molar-refractivity contribution in [3.63, 3.8) is 0 Å². The summed E-state index contributed by atoms with van der Waals surface area (Å²) in [4.78, 5) is 12.6. The highest BCUT2D eigenvalue weighted by molar-refractivity contribution is 14.1. The van der Waals surface area contributed by atoms with Gasteiger partial charge in [-0.05, 0) is 65.4 Å². The summed E-state index contributed by atoms with van der Waals surface area (Å²) >= 11 is 1.95. The topological polar surface area (TPSA) is 35.5 Å². The molecule has 0 aliphatic carbocycles. The van der Waals surface area contributed by atoms with Crippen LogP contribution in [0.25, 0.3) is 0 Å². The lowest BCUT2D eigenvalue weighted by Crippen LogP contribution is -2.07. The molecule has 5 heteroatoms. The van der Waals surface area contributed by atoms with Gasteiger partial charge < -0.3 is 9.47 Å². The molecule has 0 saturated heterocycles. The van der Waals surface area contributed by atoms with E-state index in [1.807, 2.05) is 29.5 Å². The van der Waals surface area contributed by atoms with E-state index in [-0.39, 0.29) is 11.6 Å². The van der Waals surface area contributed by atoms with Crippen LogP contribution in [0.2, 0.25) is 0 Å². The van der Waals surface area contributed by atoms with Crippen LogP contribution in [0, 0.1) is 16.3 Å². The van der Waals surface area contributed by atoms with Gasteiger partial charge in [-0.25, -0.2) is 4.39 Å². The van der Waals surface area contributed by atoms with Crippen LogP contribution in [0.5, 0.6) is 11.5 Å². The molecule has 0 bridgehead atoms. The standard InChI is InChI=1S/C16H14FIO3/c1-9-6-14(20-2)15(21-3)8-12(9)16(19)11-5-4-10(17)7-13(11)18/h4-8H,1-3H3. The van der Waals surface area contributed by atoms with Crippen molar-refractivity contribution in [1.82, 2.24) is 0 Å². The molecule has 0 aliphatic rings. The van der Waals surface area contributed by atoms with Crippen LogP contribution in [-0.2, 0) is 0 Å². The van der Waals surface area contributed by atoms with E-state index >= 15 is 0 Å². The maximum Gasteiger partial charge on any atom is 0.194 e. The van der Waals surface area contributed by atoms with Gasteiger partial charge in [-0.1, -0.05) is 0 Å². The Morgan fingerprint density at radius 3 is 2.24 bits per heavy atom. The van der Waals surface area contributed by atoms with E-state index in [9.17, 15) is 9.18 Å². The fourth-order valence-corrected chi connectivity index (χ4v) is 2.77. The SMILES string of the molecule is COc1cc(C)c(C(=O)c2ccc(F)cc2I)cc1OC. The molecule has 0 saturated carbocycles. The zero-order valence-corrected chi connectivity index (χ0v) is 14.0. The quantitative estimate of drug-likeness (QED) is 0.575. The normalized spacial score (nSPS) is 10.3. The minimum absolute atomic E-state index is 0.169. The molecule has 0 heterocycles. The van der Waals surface area contributed by atoms with Gasteiger partial charge in [0.2, 0.25) is 0 Å². The summed E-state index contributed by atoms with van der Waals surface area (Å²) in [6.07, 6.45) is 0. The van der Waals surface area contributed by atoms with Crippen molar-refractivity contribution in [3.8, 4) is 11.5 Å². The fraction of sp³-hybridized carbons (Fsp3) is 0.188. The number of benzene rings is 2. The number of carbonyl (C=O) groups excluding carboxylic acids is 1. The number of aryl methyl sites for hydroxylation is 1. The Morgan fingerprint density at radius 2 is 1.67 bits per heavy atom. The van der Waals surface area contributed by atoms with Crippen molar-refractivity contribution in [2.75, 3.05) is 14.2 Å². The molecule has 2 aromatic rings. The van der Waals surface area contributed by atoms with Crippen LogP contribution in [0.4, 0.5) is 4.39 Å². The summed E-state index contributed by atoms with van der Waals surface area (Å²) < 4.78 is 24.2. The van der Waals surface area contributed by atoms with Gasteiger partial charge >= 0.3 is 0 Å². The van der Waals surface area contributed by atoms with Crippen LogP contribution in [0.3, 0.4) is 0 Å². The molecular formula is C16H14FIO3. The third-order valence-corrected chi connectivity index (χ3v) is 4.04. The van der Waals surface area contributed by atoms with Gasteiger partial charge in [-0.3, -0.25) is 4.79 Å². The summed E-state index contributed by atoms with van der Waals surface area (Å²) in [7, 11) is 3.06. The second-order valence-electron chi connectivity index (χ2n) is 4.48. The fourth-order valence-electron chi connectivity index (χ4n) is 2.04. The Kier molecular flexibility index (Phi) is 4.82. The van der Waals surface area contributed by atoms with Gasteiger partial charge in [-0.15, -0.1) is 0 Å². The van der Waals surface area contributed by atoms with E-state index in [1.54, 1.807) is 19.2 Å². The number of rotatable bonds is 4. The summed E-state index contributed by atoms with van der Waals surface area (Å²) in [5, 5.41) is 0. The summed E-state index contributed by atoms with van der Waals surface area (Å²) in [6, 6.07) is 7.52. The Morgan fingerprint density at radius 1 is 1.05 bits per heavy atom. The third-order valence-electron chi connectivity index (χ3n) is 3.15. The van der Waals surface area contributed by atoms with Crippen LogP contribution in [0.1, 0.15) is 21.5 Å². The number of halogens is 2. The molecule has 0 radical (unpaired) electrons. The lowest BCUT2D eigenvalue weighted by atomic mass is 9.98. The van der Waals surface area contributed by atoms with Crippen molar-refractivity contribution in [1.29, 1.82) is 0 Å². The molecule has 2 rings (SSSR count). The highest BCUT2D eigenvalue weighted by Gasteiger charge is 2.18. The number of ether oxygens (including phenoxy) is 2. The first-order chi connectivity index (χ1) is 9.97. The van der Waals surface area contributed by atoms with E-state index in [2.05, 4.69) is 0 Å². The molecule has 0 unspecified atom stereocenters. The third kappa shape index (κ3) is 3.18. The smallest absolute Gasteiger partial charge is 0.194 e. The van der Waals surface area contributed by atoms with Crippen LogP contribution in [0.15, 0.2) is 30.3 Å². The summed E-state index contributed by atoms with van der Waals surface area (Å²) in [5.41, 5.74) is 1.75. The molecule has 0 N–H and O–H groups in total. The first-order valence-corrected chi connectivity index (χ1v) is 7.28. The number of ketones is 1. The number of carbonyl (C=O) groups is 1. The van der Waals surface area contributed by atoms with Crippen molar-refractivity contribution < 1.29 is 18.7 Å². The molecule has 0 aromatic heterocycles. The molecule has 0 fully saturated rings. The van der Waals surface area contributed by atoms with E-state index in [4.69, 9.17) is 9.47 Å². The van der Waals surface area contributed by atoms with Crippen molar-refractivity contribution >= 4 is 28.4 Å². The van der Waals surface area contributed by atoms with Crippen molar-refractivity contribution in [3.05, 3.63) is 56.4 Å². The van der Waals surface area contributed by atoms with Crippen LogP contribution >= 0.6 is 22.6 Å². The van der Waals surface area contributed by atoms with E-state index in [0.717, 1.165) is 5.56 Å². The van der Waals surface area contributed by atoms with Gasteiger partial charge in [0.1, 0.15) is 5.82 Å². The molecular weight excluding hydrogens is 386 g/mol. The minimum atomic E-state index is -0.361. The molecule has 3 nitrogen and oxygen atoms in total. The number of methoxy groups -OCH3 is 2. The number of hydrogen-bond acceptors (Lipinski definition) is 3. The average Bonchev–Trinajstić information content (AvgIpc) is 2.46. The molecule has 110 valence electrons. The minimum Gasteiger partial charge on any atom is -0.493 e. The second kappa shape index (κ2) is 6.43. The molecule has 0 spiro atoms. The first-order valence-electron chi connectivity index (χ1n) is 6.20. The van der Waals surface area contributed by atoms with E-state index < -0.39 is 0 Å². The van der Waals surface area contributed by atoms with Crippen molar-refractivity contribution in [2.45, 2.75) is 6.92 Å². The molecule has 0 aliphatic heterocycles. The molecule has 2 aromatic carbocycles. The largest absolute Gasteiger partial charge is 0.493 e. The Hall–Kier alpha value is -1.63. The summed E-state index contributed by atoms with van der Waals surface area (Å²) in [5.74, 6) is 0.529. The Labute approximate surface area is 136 Å². The molecule has 21 heavy (non-hydrogen) atoms. The highest BCUT2D eigenvalue weighted by atomic mass is 127. The lowest BCUT2D eigenvalue weighted by molar-refractivity contribution is 0.103. The average molecular weight is 400 g/mol. The zero-order chi connectivity index (χ0) is 15.6. The number of hydrogen-bond donors (Lipinski definition) is 0. The predicted octanol–water partition coefficient (Wildman–Crippen LogP) is 3.99. The van der Waals surface area contributed by atoms with E-state index in [0.29, 0.717) is 26.2 Å². The lowest BCUT2D eigenvalue weighted by Gasteiger charge is -2.12.